The third-order valence-corrected chi connectivity index (χ3v) is 4.21. The molecule has 0 spiro atoms. The second-order valence-electron chi connectivity index (χ2n) is 6.99. The molecule has 0 saturated carbocycles. The van der Waals surface area contributed by atoms with Gasteiger partial charge in [0.25, 0.3) is 0 Å². The molecule has 0 aromatic carbocycles. The minimum Gasteiger partial charge on any atom is -0.370 e. The van der Waals surface area contributed by atoms with Crippen LogP contribution >= 0.6 is 0 Å². The molecule has 0 radical (unpaired) electrons. The van der Waals surface area contributed by atoms with Crippen LogP contribution in [-0.2, 0) is 4.79 Å². The van der Waals surface area contributed by atoms with Gasteiger partial charge in [-0.05, 0) is 39.0 Å². The number of amides is 1. The molecule has 4 N–H and O–H groups in total. The Kier molecular flexibility index (Phi) is 24.7. The molecule has 1 atom stereocenters. The van der Waals surface area contributed by atoms with Gasteiger partial charge < -0.3 is 11.5 Å². The van der Waals surface area contributed by atoms with Gasteiger partial charge in [-0.1, -0.05) is 75.6 Å². The summed E-state index contributed by atoms with van der Waals surface area (Å²) in [5, 5.41) is 2.63. The lowest BCUT2D eigenvalue weighted by Gasteiger charge is -1.99. The fraction of sp³-hybridized carbons (Fsp3) is 0.857. The Labute approximate surface area is 161 Å². The Balaban J connectivity index is 0. The number of hydrogen-bond donors (Lipinski definition) is 2. The molecule has 0 fully saturated rings. The molecule has 0 aromatic heterocycles. The summed E-state index contributed by atoms with van der Waals surface area (Å²) >= 11 is 0. The minimum absolute atomic E-state index is 0.164. The van der Waals surface area contributed by atoms with E-state index in [0.717, 1.165) is 12.8 Å². The van der Waals surface area contributed by atoms with E-state index >= 15 is 0 Å². The molecule has 154 valence electrons. The normalized spacial score (nSPS) is 11.8. The fourth-order valence-electron chi connectivity index (χ4n) is 2.41. The van der Waals surface area contributed by atoms with Crippen LogP contribution in [-0.4, -0.2) is 18.5 Å². The van der Waals surface area contributed by atoms with E-state index in [1.165, 1.54) is 70.6 Å². The van der Waals surface area contributed by atoms with Gasteiger partial charge in [0.2, 0.25) is 5.91 Å². The van der Waals surface area contributed by atoms with E-state index in [0.29, 0.717) is 13.0 Å². The van der Waals surface area contributed by atoms with Crippen molar-refractivity contribution in [3.05, 3.63) is 17.1 Å². The second kappa shape index (κ2) is 23.8. The summed E-state index contributed by atoms with van der Waals surface area (Å²) < 4.78 is 0. The number of nitroso groups, excluding NO2 is 1. The van der Waals surface area contributed by atoms with Crippen LogP contribution in [0.25, 0.3) is 0 Å². The summed E-state index contributed by atoms with van der Waals surface area (Å²) in [5.41, 5.74) is 10.1. The highest BCUT2D eigenvalue weighted by Gasteiger charge is 1.94. The van der Waals surface area contributed by atoms with Gasteiger partial charge >= 0.3 is 0 Å². The van der Waals surface area contributed by atoms with Crippen molar-refractivity contribution in [2.75, 3.05) is 6.54 Å². The number of carbonyl (C=O) groups is 1. The Morgan fingerprint density at radius 3 is 1.73 bits per heavy atom. The third-order valence-electron chi connectivity index (χ3n) is 4.21. The average Bonchev–Trinajstić information content (AvgIpc) is 2.64. The predicted octanol–water partition coefficient (Wildman–Crippen LogP) is 5.61. The molecule has 5 heteroatoms. The van der Waals surface area contributed by atoms with Gasteiger partial charge in [-0.25, -0.2) is 0 Å². The molecule has 0 aromatic rings. The second-order valence-corrected chi connectivity index (χ2v) is 6.99. The highest BCUT2D eigenvalue weighted by atomic mass is 16.3. The maximum Gasteiger partial charge on any atom is 0.217 e. The zero-order chi connectivity index (χ0) is 19.9. The number of carbonyl (C=O) groups excluding carboxylic acids is 1. The van der Waals surface area contributed by atoms with E-state index in [4.69, 9.17) is 11.5 Å². The molecular weight excluding hydrogens is 326 g/mol. The molecular formula is C21H43N3O2. The van der Waals surface area contributed by atoms with Crippen molar-refractivity contribution in [1.82, 2.24) is 0 Å². The highest BCUT2D eigenvalue weighted by Crippen LogP contribution is 2.09. The first kappa shape index (κ1) is 27.0. The van der Waals surface area contributed by atoms with Gasteiger partial charge in [0.05, 0.1) is 0 Å². The van der Waals surface area contributed by atoms with Crippen LogP contribution in [0, 0.1) is 4.91 Å². The third kappa shape index (κ3) is 27.6. The van der Waals surface area contributed by atoms with Crippen LogP contribution in [0.3, 0.4) is 0 Å². The molecule has 1 amide bonds. The van der Waals surface area contributed by atoms with Crippen molar-refractivity contribution in [3.8, 4) is 0 Å². The summed E-state index contributed by atoms with van der Waals surface area (Å²) in [6, 6.07) is -0.218. The van der Waals surface area contributed by atoms with Crippen molar-refractivity contribution >= 4 is 5.91 Å². The summed E-state index contributed by atoms with van der Waals surface area (Å²) in [6.45, 7) is 4.29. The molecule has 0 heterocycles. The quantitative estimate of drug-likeness (QED) is 0.198. The first-order valence-electron chi connectivity index (χ1n) is 10.5. The van der Waals surface area contributed by atoms with Crippen LogP contribution < -0.4 is 11.5 Å². The van der Waals surface area contributed by atoms with Crippen molar-refractivity contribution in [2.24, 2.45) is 16.6 Å². The summed E-state index contributed by atoms with van der Waals surface area (Å²) in [7, 11) is 0. The first-order valence-corrected chi connectivity index (χ1v) is 10.5. The van der Waals surface area contributed by atoms with Gasteiger partial charge in [-0.3, -0.25) is 4.79 Å². The van der Waals surface area contributed by atoms with Crippen molar-refractivity contribution in [2.45, 2.75) is 110 Å². The van der Waals surface area contributed by atoms with Gasteiger partial charge in [-0.2, -0.15) is 4.91 Å². The van der Waals surface area contributed by atoms with Gasteiger partial charge in [0.1, 0.15) is 6.04 Å². The van der Waals surface area contributed by atoms with E-state index in [1.54, 1.807) is 6.92 Å². The topological polar surface area (TPSA) is 98.5 Å². The summed E-state index contributed by atoms with van der Waals surface area (Å²) in [6.07, 6.45) is 21.9. The molecule has 0 bridgehead atoms. The number of allylic oxidation sites excluding steroid dienone is 2. The molecule has 0 rings (SSSR count). The maximum absolute atomic E-state index is 10.5. The predicted molar refractivity (Wildman–Crippen MR) is 113 cm³/mol. The number of nitrogens with zero attached hydrogens (tertiary/aromatic N) is 1. The lowest BCUT2D eigenvalue weighted by atomic mass is 10.1. The molecule has 0 aliphatic heterocycles. The van der Waals surface area contributed by atoms with Crippen molar-refractivity contribution in [1.29, 1.82) is 0 Å². The average molecular weight is 370 g/mol. The number of unbranched alkanes of at least 4 members (excludes halogenated alkanes) is 11. The Morgan fingerprint density at radius 1 is 0.885 bits per heavy atom. The van der Waals surface area contributed by atoms with E-state index in [1.807, 2.05) is 0 Å². The lowest BCUT2D eigenvalue weighted by Crippen LogP contribution is -2.12. The van der Waals surface area contributed by atoms with Crippen LogP contribution in [0.15, 0.2) is 17.3 Å². The minimum atomic E-state index is -0.218. The SMILES string of the molecule is CC(CN)N=O.CCCCCCCC/C=C\CCCCCCCC(N)=O. The Morgan fingerprint density at radius 2 is 1.35 bits per heavy atom. The van der Waals surface area contributed by atoms with Crippen molar-refractivity contribution < 1.29 is 4.79 Å². The van der Waals surface area contributed by atoms with Crippen LogP contribution in [0.1, 0.15) is 104 Å². The van der Waals surface area contributed by atoms with Crippen LogP contribution in [0.5, 0.6) is 0 Å². The van der Waals surface area contributed by atoms with E-state index in [2.05, 4.69) is 24.3 Å². The molecule has 0 aliphatic rings. The van der Waals surface area contributed by atoms with Crippen LogP contribution in [0.4, 0.5) is 0 Å². The number of hydrogen-bond acceptors (Lipinski definition) is 4. The smallest absolute Gasteiger partial charge is 0.217 e. The number of rotatable bonds is 17. The monoisotopic (exact) mass is 369 g/mol. The summed E-state index contributed by atoms with van der Waals surface area (Å²) in [4.78, 5) is 20.0. The highest BCUT2D eigenvalue weighted by molar-refractivity contribution is 5.73. The first-order chi connectivity index (χ1) is 12.6. The number of nitrogens with two attached hydrogens (primary N) is 2. The fourth-order valence-corrected chi connectivity index (χ4v) is 2.41. The largest absolute Gasteiger partial charge is 0.370 e. The van der Waals surface area contributed by atoms with Crippen molar-refractivity contribution in [3.63, 3.8) is 0 Å². The standard InChI is InChI=1S/C18H35NO.C3H8N2O/c1-2-3-4-5-6-7-8-9-10-11-12-13-14-15-16-17-18(19)20;1-3(2-4)5-6/h9-10H,2-8,11-17H2,1H3,(H2,19,20);3H,2,4H2,1H3/b10-9-;. The van der Waals surface area contributed by atoms with Gasteiger partial charge in [-0.15, -0.1) is 0 Å². The van der Waals surface area contributed by atoms with E-state index in [9.17, 15) is 9.70 Å². The molecule has 5 nitrogen and oxygen atoms in total. The Hall–Kier alpha value is -1.23. The number of primary amides is 1. The molecule has 1 unspecified atom stereocenters. The molecule has 26 heavy (non-hydrogen) atoms. The van der Waals surface area contributed by atoms with Crippen LogP contribution in [0.2, 0.25) is 0 Å². The molecule has 0 saturated heterocycles. The maximum atomic E-state index is 10.5. The zero-order valence-corrected chi connectivity index (χ0v) is 17.3. The van der Waals surface area contributed by atoms with Gasteiger partial charge in [0.15, 0.2) is 0 Å². The molecule has 0 aliphatic carbocycles. The van der Waals surface area contributed by atoms with Gasteiger partial charge in [0, 0.05) is 13.0 Å². The lowest BCUT2D eigenvalue weighted by molar-refractivity contribution is -0.118. The zero-order valence-electron chi connectivity index (χ0n) is 17.3. The van der Waals surface area contributed by atoms with E-state index in [-0.39, 0.29) is 11.9 Å². The Bertz CT molecular complexity index is 333. The van der Waals surface area contributed by atoms with E-state index < -0.39 is 0 Å². The summed E-state index contributed by atoms with van der Waals surface area (Å²) in [5.74, 6) is -0.164.